The lowest BCUT2D eigenvalue weighted by Gasteiger charge is -2.22. The van der Waals surface area contributed by atoms with Crippen LogP contribution in [0.25, 0.3) is 119 Å². The van der Waals surface area contributed by atoms with Gasteiger partial charge in [-0.05, 0) is 128 Å². The molecule has 0 nitrogen and oxygen atoms in total. The topological polar surface area (TPSA) is 0 Å². The fourth-order valence-electron chi connectivity index (χ4n) is 10.8. The van der Waals surface area contributed by atoms with Gasteiger partial charge in [0.15, 0.2) is 0 Å². The molecule has 13 rings (SSSR count). The second-order valence-electron chi connectivity index (χ2n) is 17.2. The second-order valence-corrected chi connectivity index (χ2v) is 18.2. The zero-order valence-electron chi connectivity index (χ0n) is 33.4. The minimum Gasteiger partial charge on any atom is -0.134 e. The van der Waals surface area contributed by atoms with Gasteiger partial charge in [0, 0.05) is 31.0 Å². The van der Waals surface area contributed by atoms with Crippen LogP contribution in [-0.4, -0.2) is 0 Å². The predicted molar refractivity (Wildman–Crippen MR) is 261 cm³/mol. The van der Waals surface area contributed by atoms with Gasteiger partial charge in [-0.3, -0.25) is 0 Å². The maximum atomic E-state index is 2.48. The van der Waals surface area contributed by atoms with E-state index in [0.29, 0.717) is 0 Å². The molecule has 60 heavy (non-hydrogen) atoms. The van der Waals surface area contributed by atoms with Gasteiger partial charge in [-0.25, -0.2) is 0 Å². The second kappa shape index (κ2) is 12.5. The summed E-state index contributed by atoms with van der Waals surface area (Å²) in [7, 11) is 0. The molecule has 280 valence electrons. The number of hydrogen-bond acceptors (Lipinski definition) is 1. The third kappa shape index (κ3) is 4.73. The molecule has 0 saturated carbocycles. The molecule has 0 saturated heterocycles. The average Bonchev–Trinajstić information content (AvgIpc) is 3.79. The fraction of sp³-hybridized carbons (Fsp3) is 0.0508. The van der Waals surface area contributed by atoms with Gasteiger partial charge in [0.05, 0.1) is 0 Å². The Labute approximate surface area is 352 Å². The molecule has 1 heteroatoms. The number of fused-ring (bicyclic) bond motifs is 13. The summed E-state index contributed by atoms with van der Waals surface area (Å²) in [6.45, 7) is 4.80. The summed E-state index contributed by atoms with van der Waals surface area (Å²) in [5.74, 6) is 0. The number of benzene rings is 11. The lowest BCUT2D eigenvalue weighted by molar-refractivity contribution is 0.667. The van der Waals surface area contributed by atoms with E-state index in [1.807, 2.05) is 11.3 Å². The van der Waals surface area contributed by atoms with Gasteiger partial charge in [-0.1, -0.05) is 184 Å². The van der Waals surface area contributed by atoms with Crippen molar-refractivity contribution >= 4 is 85.4 Å². The first-order chi connectivity index (χ1) is 29.5. The summed E-state index contributed by atoms with van der Waals surface area (Å²) in [4.78, 5) is 0. The van der Waals surface area contributed by atoms with E-state index in [9.17, 15) is 0 Å². The normalized spacial score (nSPS) is 13.3. The Hall–Kier alpha value is -7.06. The van der Waals surface area contributed by atoms with Crippen LogP contribution in [-0.2, 0) is 5.41 Å². The molecule has 0 radical (unpaired) electrons. The molecule has 11 aromatic carbocycles. The van der Waals surface area contributed by atoms with Crippen molar-refractivity contribution in [3.8, 4) is 44.5 Å². The van der Waals surface area contributed by atoms with Crippen LogP contribution < -0.4 is 0 Å². The van der Waals surface area contributed by atoms with Gasteiger partial charge in [-0.2, -0.15) is 0 Å². The number of thiophene rings is 1. The van der Waals surface area contributed by atoms with E-state index in [4.69, 9.17) is 0 Å². The summed E-state index contributed by atoms with van der Waals surface area (Å²) in [5.41, 5.74) is 13.2. The largest absolute Gasteiger partial charge is 0.134 e. The van der Waals surface area contributed by atoms with Crippen molar-refractivity contribution in [2.75, 3.05) is 0 Å². The molecule has 0 fully saturated rings. The van der Waals surface area contributed by atoms with Crippen LogP contribution >= 0.6 is 11.3 Å². The van der Waals surface area contributed by atoms with E-state index in [2.05, 4.69) is 208 Å². The summed E-state index contributed by atoms with van der Waals surface area (Å²) in [5, 5.41) is 15.4. The number of rotatable bonds is 3. The SMILES string of the molecule is CC1(C)c2ccccc2-c2ccc3c(sc4c5ccccc5c(-c5ccc6cc(-c7c8ccccc8c(-c8ccc9ccccc9c8)c8ccccc78)ccc6c5)cc34)c21. The minimum atomic E-state index is -0.0556. The van der Waals surface area contributed by atoms with Crippen LogP contribution in [0.4, 0.5) is 0 Å². The van der Waals surface area contributed by atoms with Crippen molar-refractivity contribution < 1.29 is 0 Å². The lowest BCUT2D eigenvalue weighted by atomic mass is 9.82. The Morgan fingerprint density at radius 2 is 0.800 bits per heavy atom. The van der Waals surface area contributed by atoms with Crippen molar-refractivity contribution in [2.24, 2.45) is 0 Å². The third-order valence-corrected chi connectivity index (χ3v) is 14.8. The van der Waals surface area contributed by atoms with E-state index in [1.165, 1.54) is 130 Å². The Bertz CT molecular complexity index is 3750. The molecule has 0 amide bonds. The van der Waals surface area contributed by atoms with Crippen LogP contribution in [0.1, 0.15) is 25.0 Å². The van der Waals surface area contributed by atoms with Gasteiger partial charge in [0.2, 0.25) is 0 Å². The minimum absolute atomic E-state index is 0.0556. The summed E-state index contributed by atoms with van der Waals surface area (Å²) in [6.07, 6.45) is 0. The monoisotopic (exact) mass is 778 g/mol. The van der Waals surface area contributed by atoms with Crippen LogP contribution in [0, 0.1) is 0 Å². The van der Waals surface area contributed by atoms with Crippen LogP contribution in [0.2, 0.25) is 0 Å². The van der Waals surface area contributed by atoms with Crippen LogP contribution in [0.15, 0.2) is 194 Å². The molecule has 0 bridgehead atoms. The van der Waals surface area contributed by atoms with E-state index in [1.54, 1.807) is 0 Å². The average molecular weight is 779 g/mol. The summed E-state index contributed by atoms with van der Waals surface area (Å²) in [6, 6.07) is 72.9. The zero-order chi connectivity index (χ0) is 39.7. The van der Waals surface area contributed by atoms with Gasteiger partial charge in [-0.15, -0.1) is 11.3 Å². The van der Waals surface area contributed by atoms with Crippen molar-refractivity contribution in [2.45, 2.75) is 19.3 Å². The van der Waals surface area contributed by atoms with E-state index in [0.717, 1.165) is 0 Å². The first kappa shape index (κ1) is 33.9. The molecule has 0 aliphatic heterocycles. The Kier molecular flexibility index (Phi) is 7.04. The molecule has 1 aliphatic rings. The first-order valence-corrected chi connectivity index (χ1v) is 21.8. The molecule has 12 aromatic rings. The van der Waals surface area contributed by atoms with E-state index >= 15 is 0 Å². The van der Waals surface area contributed by atoms with Crippen LogP contribution in [0.3, 0.4) is 0 Å². The quantitative estimate of drug-likeness (QED) is 0.157. The Morgan fingerprint density at radius 3 is 1.47 bits per heavy atom. The van der Waals surface area contributed by atoms with Crippen molar-refractivity contribution in [1.82, 2.24) is 0 Å². The molecule has 0 spiro atoms. The lowest BCUT2D eigenvalue weighted by Crippen LogP contribution is -2.14. The van der Waals surface area contributed by atoms with Crippen molar-refractivity contribution in [3.05, 3.63) is 205 Å². The molecular weight excluding hydrogens is 741 g/mol. The van der Waals surface area contributed by atoms with E-state index < -0.39 is 0 Å². The molecule has 1 aromatic heterocycles. The molecule has 0 N–H and O–H groups in total. The third-order valence-electron chi connectivity index (χ3n) is 13.6. The fourth-order valence-corrected chi connectivity index (χ4v) is 12.3. The maximum absolute atomic E-state index is 2.48. The van der Waals surface area contributed by atoms with Crippen molar-refractivity contribution in [3.63, 3.8) is 0 Å². The highest BCUT2D eigenvalue weighted by atomic mass is 32.1. The molecule has 0 unspecified atom stereocenters. The predicted octanol–water partition coefficient (Wildman–Crippen LogP) is 17.1. The molecular formula is C59H38S. The zero-order valence-corrected chi connectivity index (χ0v) is 34.2. The Balaban J connectivity index is 0.974. The van der Waals surface area contributed by atoms with Gasteiger partial charge >= 0.3 is 0 Å². The Morgan fingerprint density at radius 1 is 0.317 bits per heavy atom. The van der Waals surface area contributed by atoms with Gasteiger partial charge < -0.3 is 0 Å². The highest BCUT2D eigenvalue weighted by molar-refractivity contribution is 7.27. The highest BCUT2D eigenvalue weighted by Crippen LogP contribution is 2.55. The summed E-state index contributed by atoms with van der Waals surface area (Å²) >= 11 is 1.98. The van der Waals surface area contributed by atoms with Gasteiger partial charge in [0.1, 0.15) is 0 Å². The summed E-state index contributed by atoms with van der Waals surface area (Å²) < 4.78 is 2.79. The smallest absolute Gasteiger partial charge is 0.0434 e. The van der Waals surface area contributed by atoms with Gasteiger partial charge in [0.25, 0.3) is 0 Å². The maximum Gasteiger partial charge on any atom is 0.0434 e. The molecule has 0 atom stereocenters. The molecule has 1 heterocycles. The van der Waals surface area contributed by atoms with E-state index in [-0.39, 0.29) is 5.41 Å². The van der Waals surface area contributed by atoms with Crippen molar-refractivity contribution in [1.29, 1.82) is 0 Å². The standard InChI is InChI=1S/C59H38S/c1-59(2)53-22-12-11-16-43(53)48-29-30-50-52-34-51(42-15-5-10-21-49(42)57(52)60-58(50)56(48)59)39-26-24-38-33-41(28-25-37(38)31-39)55-46-19-8-6-17-44(46)54(45-18-7-9-20-47(45)55)40-27-23-35-13-3-4-14-36(35)32-40/h3-34H,1-2H3. The highest BCUT2D eigenvalue weighted by Gasteiger charge is 2.37. The van der Waals surface area contributed by atoms with Crippen LogP contribution in [0.5, 0.6) is 0 Å². The first-order valence-electron chi connectivity index (χ1n) is 21.0. The number of hydrogen-bond donors (Lipinski definition) is 0. The molecule has 1 aliphatic carbocycles.